The van der Waals surface area contributed by atoms with Gasteiger partial charge in [-0.05, 0) is 26.0 Å². The van der Waals surface area contributed by atoms with Crippen LogP contribution < -0.4 is 5.32 Å². The molecule has 0 amide bonds. The number of rotatable bonds is 5. The normalized spacial score (nSPS) is 14.9. The standard InChI is InChI=1S/C12H18FNO/c1-3-12(14-2,8-9-15)10-6-4-5-7-11(10)13/h4-7,14-15H,3,8-9H2,1-2H3. The number of aliphatic hydroxyl groups is 1. The number of nitrogens with one attached hydrogen (secondary N) is 1. The monoisotopic (exact) mass is 211 g/mol. The first-order chi connectivity index (χ1) is 7.20. The largest absolute Gasteiger partial charge is 0.396 e. The number of aliphatic hydroxyl groups excluding tert-OH is 1. The zero-order valence-corrected chi connectivity index (χ0v) is 9.26. The maximum absolute atomic E-state index is 13.7. The van der Waals surface area contributed by atoms with Crippen LogP contribution in [0.2, 0.25) is 0 Å². The summed E-state index contributed by atoms with van der Waals surface area (Å²) in [4.78, 5) is 0. The Bertz CT molecular complexity index is 310. The molecule has 0 spiro atoms. The van der Waals surface area contributed by atoms with Gasteiger partial charge in [-0.1, -0.05) is 25.1 Å². The van der Waals surface area contributed by atoms with Crippen molar-refractivity contribution in [3.8, 4) is 0 Å². The molecular formula is C12H18FNO. The summed E-state index contributed by atoms with van der Waals surface area (Å²) >= 11 is 0. The highest BCUT2D eigenvalue weighted by Gasteiger charge is 2.30. The summed E-state index contributed by atoms with van der Waals surface area (Å²) in [5.74, 6) is -0.220. The van der Waals surface area contributed by atoms with E-state index in [1.165, 1.54) is 6.07 Å². The summed E-state index contributed by atoms with van der Waals surface area (Å²) in [6.45, 7) is 2.03. The molecule has 1 rings (SSSR count). The van der Waals surface area contributed by atoms with Crippen LogP contribution >= 0.6 is 0 Å². The number of benzene rings is 1. The third-order valence-corrected chi connectivity index (χ3v) is 3.01. The Morgan fingerprint density at radius 2 is 2.07 bits per heavy atom. The van der Waals surface area contributed by atoms with Crippen LogP contribution in [0, 0.1) is 5.82 Å². The molecule has 3 heteroatoms. The maximum Gasteiger partial charge on any atom is 0.128 e. The molecule has 1 aromatic rings. The van der Waals surface area contributed by atoms with Crippen molar-refractivity contribution >= 4 is 0 Å². The van der Waals surface area contributed by atoms with E-state index >= 15 is 0 Å². The highest BCUT2D eigenvalue weighted by Crippen LogP contribution is 2.29. The van der Waals surface area contributed by atoms with Crippen molar-refractivity contribution in [3.05, 3.63) is 35.6 Å². The van der Waals surface area contributed by atoms with Gasteiger partial charge in [-0.15, -0.1) is 0 Å². The van der Waals surface area contributed by atoms with Crippen molar-refractivity contribution in [2.75, 3.05) is 13.7 Å². The molecule has 0 aliphatic rings. The lowest BCUT2D eigenvalue weighted by Gasteiger charge is -2.33. The number of hydrogen-bond donors (Lipinski definition) is 2. The van der Waals surface area contributed by atoms with Gasteiger partial charge in [-0.25, -0.2) is 4.39 Å². The van der Waals surface area contributed by atoms with Gasteiger partial charge in [0.15, 0.2) is 0 Å². The summed E-state index contributed by atoms with van der Waals surface area (Å²) in [7, 11) is 1.80. The smallest absolute Gasteiger partial charge is 0.128 e. The number of halogens is 1. The quantitative estimate of drug-likeness (QED) is 0.781. The second-order valence-corrected chi connectivity index (χ2v) is 3.64. The molecular weight excluding hydrogens is 193 g/mol. The van der Waals surface area contributed by atoms with E-state index in [2.05, 4.69) is 5.32 Å². The van der Waals surface area contributed by atoms with E-state index in [0.717, 1.165) is 6.42 Å². The van der Waals surface area contributed by atoms with Crippen LogP contribution in [0.3, 0.4) is 0 Å². The third kappa shape index (κ3) is 2.36. The van der Waals surface area contributed by atoms with Crippen molar-refractivity contribution in [1.82, 2.24) is 5.32 Å². The first-order valence-electron chi connectivity index (χ1n) is 5.25. The highest BCUT2D eigenvalue weighted by molar-refractivity contribution is 5.26. The maximum atomic E-state index is 13.7. The fourth-order valence-corrected chi connectivity index (χ4v) is 1.98. The Kier molecular flexibility index (Phi) is 4.24. The first-order valence-corrected chi connectivity index (χ1v) is 5.25. The fourth-order valence-electron chi connectivity index (χ4n) is 1.98. The molecule has 0 aliphatic heterocycles. The van der Waals surface area contributed by atoms with Crippen LogP contribution in [0.1, 0.15) is 25.3 Å². The van der Waals surface area contributed by atoms with Crippen molar-refractivity contribution in [3.63, 3.8) is 0 Å². The SMILES string of the molecule is CCC(CCO)(NC)c1ccccc1F. The molecule has 84 valence electrons. The minimum absolute atomic E-state index is 0.0447. The molecule has 0 bridgehead atoms. The van der Waals surface area contributed by atoms with Gasteiger partial charge >= 0.3 is 0 Å². The van der Waals surface area contributed by atoms with Crippen LogP contribution in [0.4, 0.5) is 4.39 Å². The summed E-state index contributed by atoms with van der Waals surface area (Å²) in [6, 6.07) is 6.71. The molecule has 1 unspecified atom stereocenters. The number of hydrogen-bond acceptors (Lipinski definition) is 2. The Morgan fingerprint density at radius 1 is 1.40 bits per heavy atom. The van der Waals surface area contributed by atoms with Crippen LogP contribution in [0.5, 0.6) is 0 Å². The summed E-state index contributed by atoms with van der Waals surface area (Å²) in [6.07, 6.45) is 1.26. The van der Waals surface area contributed by atoms with E-state index in [0.29, 0.717) is 12.0 Å². The minimum Gasteiger partial charge on any atom is -0.396 e. The molecule has 2 nitrogen and oxygen atoms in total. The highest BCUT2D eigenvalue weighted by atomic mass is 19.1. The van der Waals surface area contributed by atoms with E-state index in [4.69, 9.17) is 5.11 Å². The Morgan fingerprint density at radius 3 is 2.53 bits per heavy atom. The average Bonchev–Trinajstić information content (AvgIpc) is 2.27. The molecule has 0 saturated heterocycles. The summed E-state index contributed by atoms with van der Waals surface area (Å²) in [5, 5.41) is 12.2. The van der Waals surface area contributed by atoms with Gasteiger partial charge in [-0.2, -0.15) is 0 Å². The molecule has 1 aromatic carbocycles. The van der Waals surface area contributed by atoms with E-state index in [1.807, 2.05) is 13.0 Å². The van der Waals surface area contributed by atoms with Gasteiger partial charge in [0, 0.05) is 17.7 Å². The van der Waals surface area contributed by atoms with E-state index in [9.17, 15) is 4.39 Å². The zero-order valence-electron chi connectivity index (χ0n) is 9.26. The molecule has 0 aromatic heterocycles. The van der Waals surface area contributed by atoms with Crippen molar-refractivity contribution < 1.29 is 9.50 Å². The Labute approximate surface area is 90.1 Å². The molecule has 0 heterocycles. The lowest BCUT2D eigenvalue weighted by atomic mass is 9.84. The predicted octanol–water partition coefficient (Wildman–Crippen LogP) is 2.03. The van der Waals surface area contributed by atoms with Gasteiger partial charge in [0.1, 0.15) is 5.82 Å². The lowest BCUT2D eigenvalue weighted by Crippen LogP contribution is -2.41. The van der Waals surface area contributed by atoms with E-state index in [-0.39, 0.29) is 12.4 Å². The molecule has 1 atom stereocenters. The third-order valence-electron chi connectivity index (χ3n) is 3.01. The lowest BCUT2D eigenvalue weighted by molar-refractivity contribution is 0.208. The molecule has 0 aliphatic carbocycles. The van der Waals surface area contributed by atoms with E-state index in [1.54, 1.807) is 19.2 Å². The average molecular weight is 211 g/mol. The molecule has 2 N–H and O–H groups in total. The summed E-state index contributed by atoms with van der Waals surface area (Å²) in [5.41, 5.74) is 0.171. The molecule has 0 fully saturated rings. The van der Waals surface area contributed by atoms with Crippen LogP contribution in [0.15, 0.2) is 24.3 Å². The van der Waals surface area contributed by atoms with Crippen LogP contribution in [0.25, 0.3) is 0 Å². The second-order valence-electron chi connectivity index (χ2n) is 3.64. The van der Waals surface area contributed by atoms with Gasteiger partial charge in [0.25, 0.3) is 0 Å². The molecule has 0 saturated carbocycles. The topological polar surface area (TPSA) is 32.3 Å². The van der Waals surface area contributed by atoms with Crippen molar-refractivity contribution in [2.45, 2.75) is 25.3 Å². The Balaban J connectivity index is 3.13. The van der Waals surface area contributed by atoms with Crippen LogP contribution in [-0.4, -0.2) is 18.8 Å². The summed E-state index contributed by atoms with van der Waals surface area (Å²) < 4.78 is 13.7. The fraction of sp³-hybridized carbons (Fsp3) is 0.500. The Hall–Kier alpha value is -0.930. The van der Waals surface area contributed by atoms with Crippen LogP contribution in [-0.2, 0) is 5.54 Å². The molecule has 0 radical (unpaired) electrons. The predicted molar refractivity (Wildman–Crippen MR) is 59.1 cm³/mol. The zero-order chi connectivity index (χ0) is 11.3. The van der Waals surface area contributed by atoms with Crippen molar-refractivity contribution in [1.29, 1.82) is 0 Å². The van der Waals surface area contributed by atoms with Gasteiger partial charge in [-0.3, -0.25) is 0 Å². The van der Waals surface area contributed by atoms with Gasteiger partial charge in [0.2, 0.25) is 0 Å². The van der Waals surface area contributed by atoms with Gasteiger partial charge < -0.3 is 10.4 Å². The van der Waals surface area contributed by atoms with Crippen molar-refractivity contribution in [2.24, 2.45) is 0 Å². The second kappa shape index (κ2) is 5.24. The first kappa shape index (κ1) is 12.1. The van der Waals surface area contributed by atoms with Gasteiger partial charge in [0.05, 0.1) is 0 Å². The van der Waals surface area contributed by atoms with E-state index < -0.39 is 5.54 Å². The molecule has 15 heavy (non-hydrogen) atoms. The minimum atomic E-state index is -0.458.